The van der Waals surface area contributed by atoms with Crippen LogP contribution in [0.2, 0.25) is 0 Å². The van der Waals surface area contributed by atoms with Crippen LogP contribution in [0.4, 0.5) is 8.78 Å². The summed E-state index contributed by atoms with van der Waals surface area (Å²) < 4.78 is 88.3. The van der Waals surface area contributed by atoms with Crippen molar-refractivity contribution in [2.75, 3.05) is 13.2 Å². The Morgan fingerprint density at radius 2 is 1.01 bits per heavy atom. The highest BCUT2D eigenvalue weighted by atomic mass is 31.2. The minimum Gasteiger partial charge on any atom is -0.387 e. The second kappa shape index (κ2) is 23.5. The van der Waals surface area contributed by atoms with E-state index in [-0.39, 0.29) is 39.3 Å². The quantitative estimate of drug-likeness (QED) is 0.0469. The fourth-order valence-corrected chi connectivity index (χ4v) is 11.2. The molecule has 0 amide bonds. The number of hydrogen-bond donors (Lipinski definition) is 5. The number of benzene rings is 4. The van der Waals surface area contributed by atoms with Gasteiger partial charge >= 0.3 is 19.1 Å². The molecule has 4 unspecified atom stereocenters. The van der Waals surface area contributed by atoms with E-state index < -0.39 is 102 Å². The Morgan fingerprint density at radius 1 is 0.627 bits per heavy atom. The summed E-state index contributed by atoms with van der Waals surface area (Å²) in [6, 6.07) is 34.7. The number of alkyl halides is 2. The predicted molar refractivity (Wildman–Crippen MR) is 272 cm³/mol. The molecule has 6 aromatic rings. The summed E-state index contributed by atoms with van der Waals surface area (Å²) in [7, 11) is -4.88. The number of halogens is 2. The summed E-state index contributed by atoms with van der Waals surface area (Å²) in [5, 5.41) is 23.3. The van der Waals surface area contributed by atoms with E-state index in [1.165, 1.54) is 0 Å². The van der Waals surface area contributed by atoms with Crippen LogP contribution in [-0.2, 0) is 45.8 Å². The van der Waals surface area contributed by atoms with Gasteiger partial charge in [0.1, 0.15) is 12.2 Å². The molecule has 2 aliphatic rings. The Morgan fingerprint density at radius 3 is 1.37 bits per heavy atom. The van der Waals surface area contributed by atoms with E-state index in [0.29, 0.717) is 11.1 Å². The SMILES string of the molecule is Cc1cccc(COCC(OP(N)(=O)OC(COCc2cccc(C)c2)C(C[C@H]2O[C@@H](n3ccc(=O)[nH]c3=O)[C@](C)(F)[C@@H]2O)c2ccccc2)C(C[C@H]2O[C@@H](n3ccc(=O)[nH]c3=O)[C@](C)(F)[C@@H]2O)c2ccccc2)c1. The van der Waals surface area contributed by atoms with Crippen LogP contribution in [0.1, 0.15) is 84.4 Å². The monoisotopic (exact) mass is 1060 g/mol. The summed E-state index contributed by atoms with van der Waals surface area (Å²) in [5.41, 5.74) is 2.93. The normalized spacial score (nSPS) is 26.1. The maximum absolute atomic E-state index is 16.7. The van der Waals surface area contributed by atoms with Crippen molar-refractivity contribution in [3.63, 3.8) is 0 Å². The van der Waals surface area contributed by atoms with Crippen molar-refractivity contribution in [2.24, 2.45) is 5.50 Å². The number of aryl methyl sites for hydroxylation is 2. The summed E-state index contributed by atoms with van der Waals surface area (Å²) >= 11 is 0. The van der Waals surface area contributed by atoms with Gasteiger partial charge in [-0.25, -0.2) is 28.4 Å². The molecule has 2 aliphatic heterocycles. The van der Waals surface area contributed by atoms with Gasteiger partial charge in [0.05, 0.1) is 50.8 Å². The van der Waals surface area contributed by atoms with Crippen molar-refractivity contribution in [1.29, 1.82) is 0 Å². The molecule has 2 saturated heterocycles. The van der Waals surface area contributed by atoms with Crippen molar-refractivity contribution >= 4 is 7.75 Å². The molecule has 0 radical (unpaired) electrons. The Labute approximate surface area is 430 Å². The molecule has 0 saturated carbocycles. The highest BCUT2D eigenvalue weighted by molar-refractivity contribution is 7.51. The van der Waals surface area contributed by atoms with Crippen LogP contribution >= 0.6 is 7.75 Å². The smallest absolute Gasteiger partial charge is 0.387 e. The first kappa shape index (κ1) is 55.2. The van der Waals surface area contributed by atoms with Gasteiger partial charge in [0.25, 0.3) is 11.1 Å². The number of hydrogen-bond acceptors (Lipinski definition) is 13. The lowest BCUT2D eigenvalue weighted by Crippen LogP contribution is -2.43. The third kappa shape index (κ3) is 13.2. The minimum absolute atomic E-state index is 0.0655. The van der Waals surface area contributed by atoms with E-state index in [1.54, 1.807) is 60.7 Å². The van der Waals surface area contributed by atoms with Crippen LogP contribution in [-0.4, -0.2) is 90.5 Å². The number of H-pyrrole nitrogens is 2. The summed E-state index contributed by atoms with van der Waals surface area (Å²) in [4.78, 5) is 53.9. The highest BCUT2D eigenvalue weighted by Gasteiger charge is 2.57. The van der Waals surface area contributed by atoms with Crippen LogP contribution in [0, 0.1) is 13.8 Å². The van der Waals surface area contributed by atoms with Gasteiger partial charge in [0.15, 0.2) is 23.8 Å². The first-order valence-electron chi connectivity index (χ1n) is 24.5. The number of nitrogens with two attached hydrogens (primary N) is 1. The lowest BCUT2D eigenvalue weighted by molar-refractivity contribution is -0.0614. The number of rotatable bonds is 22. The van der Waals surface area contributed by atoms with Crippen molar-refractivity contribution in [3.8, 4) is 0 Å². The van der Waals surface area contributed by atoms with Gasteiger partial charge in [-0.15, -0.1) is 0 Å². The molecule has 6 N–H and O–H groups in total. The molecule has 18 nitrogen and oxygen atoms in total. The number of nitrogens with zero attached hydrogens (tertiary/aromatic N) is 2. The molecule has 0 spiro atoms. The second-order valence-corrected chi connectivity index (χ2v) is 21.1. The van der Waals surface area contributed by atoms with Crippen molar-refractivity contribution < 1.29 is 51.6 Å². The third-order valence-corrected chi connectivity index (χ3v) is 14.9. The average Bonchev–Trinajstić information content (AvgIpc) is 3.75. The molecule has 4 aromatic carbocycles. The minimum atomic E-state index is -4.88. The van der Waals surface area contributed by atoms with E-state index >= 15 is 13.3 Å². The number of aliphatic hydroxyl groups is 2. The average molecular weight is 1060 g/mol. The number of aliphatic hydroxyl groups excluding tert-OH is 2. The van der Waals surface area contributed by atoms with Crippen LogP contribution in [0.5, 0.6) is 0 Å². The fraction of sp³-hybridized carbons (Fsp3) is 0.407. The van der Waals surface area contributed by atoms with Crippen molar-refractivity contribution in [3.05, 3.63) is 209 Å². The van der Waals surface area contributed by atoms with Crippen LogP contribution in [0.15, 0.2) is 153 Å². The van der Waals surface area contributed by atoms with Gasteiger partial charge in [-0.2, -0.15) is 0 Å². The topological polar surface area (TPSA) is 249 Å². The zero-order valence-corrected chi connectivity index (χ0v) is 42.7. The molecule has 8 rings (SSSR count). The largest absolute Gasteiger partial charge is 0.403 e. The molecule has 75 heavy (non-hydrogen) atoms. The van der Waals surface area contributed by atoms with Gasteiger partial charge in [0, 0.05) is 36.4 Å². The first-order chi connectivity index (χ1) is 35.7. The van der Waals surface area contributed by atoms with Gasteiger partial charge in [-0.1, -0.05) is 120 Å². The number of aromatic nitrogens is 4. The Balaban J connectivity index is 1.15. The molecule has 0 bridgehead atoms. The number of aromatic amines is 2. The Kier molecular flexibility index (Phi) is 17.3. The summed E-state index contributed by atoms with van der Waals surface area (Å²) in [6.45, 7) is 5.55. The molecule has 4 heterocycles. The molecule has 2 fully saturated rings. The van der Waals surface area contributed by atoms with Gasteiger partial charge < -0.3 is 29.2 Å². The molecule has 21 heteroatoms. The molecule has 12 atom stereocenters. The molecule has 2 aromatic heterocycles. The van der Waals surface area contributed by atoms with E-state index in [2.05, 4.69) is 9.97 Å². The highest BCUT2D eigenvalue weighted by Crippen LogP contribution is 2.51. The van der Waals surface area contributed by atoms with Gasteiger partial charge in [-0.05, 0) is 62.8 Å². The maximum atomic E-state index is 16.7. The molecular formula is C54H62F2N5O13P. The lowest BCUT2D eigenvalue weighted by atomic mass is 9.85. The van der Waals surface area contributed by atoms with Crippen molar-refractivity contribution in [2.45, 2.75) is 126 Å². The Bertz CT molecular complexity index is 2970. The molecular weight excluding hydrogens is 996 g/mol. The summed E-state index contributed by atoms with van der Waals surface area (Å²) in [6.07, 6.45) is -10.6. The van der Waals surface area contributed by atoms with Crippen molar-refractivity contribution in [1.82, 2.24) is 19.1 Å². The molecule has 0 aliphatic carbocycles. The van der Waals surface area contributed by atoms with Crippen LogP contribution in [0.3, 0.4) is 0 Å². The van der Waals surface area contributed by atoms with Crippen LogP contribution < -0.4 is 28.0 Å². The number of ether oxygens (including phenoxy) is 4. The van der Waals surface area contributed by atoms with E-state index in [1.807, 2.05) is 62.4 Å². The third-order valence-electron chi connectivity index (χ3n) is 13.8. The van der Waals surface area contributed by atoms with Gasteiger partial charge in [0.2, 0.25) is 0 Å². The Hall–Kier alpha value is -6.03. The van der Waals surface area contributed by atoms with E-state index in [9.17, 15) is 29.4 Å². The van der Waals surface area contributed by atoms with Gasteiger partial charge in [-0.3, -0.25) is 37.7 Å². The lowest BCUT2D eigenvalue weighted by Gasteiger charge is -2.35. The van der Waals surface area contributed by atoms with E-state index in [0.717, 1.165) is 69.8 Å². The second-order valence-electron chi connectivity index (χ2n) is 19.6. The van der Waals surface area contributed by atoms with E-state index in [4.69, 9.17) is 33.5 Å². The standard InChI is InChI=1S/C54H62F2N5O13P/c1-33-13-11-15-35(25-33)29-69-31-43(39(37-17-7-5-8-18-37)27-41-47(64)53(3,55)49(71-41)60-23-21-45(62)58-51(60)66)73-75(57,68)74-44(32-70-30-36-16-12-14-34(2)26-36)40(38-19-9-6-10-20-38)28-42-48(65)54(4,56)50(72-42)61-24-22-46(63)59-52(61)67/h5-26,39-44,47-50,64-65H,27-32H2,1-4H3,(H2,57,68)(H,58,62,66)(H,59,63,67)/t39?,40?,41-,42-,43?,44?,47-,48-,49-,50-,53-,54-,75?/m1/s1. The predicted octanol–water partition coefficient (Wildman–Crippen LogP) is 6.30. The van der Waals surface area contributed by atoms with Crippen LogP contribution in [0.25, 0.3) is 0 Å². The summed E-state index contributed by atoms with van der Waals surface area (Å²) in [5.74, 6) is -1.88. The fourth-order valence-electron chi connectivity index (χ4n) is 9.97. The molecule has 400 valence electrons. The zero-order valence-electron chi connectivity index (χ0n) is 41.8. The first-order valence-corrected chi connectivity index (χ1v) is 26.1. The number of nitrogens with one attached hydrogen (secondary N) is 2. The maximum Gasteiger partial charge on any atom is 0.403 e. The zero-order chi connectivity index (χ0) is 53.7.